The summed E-state index contributed by atoms with van der Waals surface area (Å²) in [5.74, 6) is 1.82. The average Bonchev–Trinajstić information content (AvgIpc) is 3.29. The van der Waals surface area contributed by atoms with Crippen molar-refractivity contribution in [2.24, 2.45) is 0 Å². The van der Waals surface area contributed by atoms with Crippen LogP contribution in [0.1, 0.15) is 32.6 Å². The Labute approximate surface area is 182 Å². The average molecular weight is 418 g/mol. The second kappa shape index (κ2) is 9.56. The minimum absolute atomic E-state index is 0.308. The van der Waals surface area contributed by atoms with Crippen LogP contribution < -0.4 is 14.2 Å². The number of hydrogen-bond donors (Lipinski definition) is 0. The van der Waals surface area contributed by atoms with Gasteiger partial charge in [0.1, 0.15) is 11.3 Å². The lowest BCUT2D eigenvalue weighted by atomic mass is 9.99. The molecule has 3 aromatic rings. The highest BCUT2D eigenvalue weighted by molar-refractivity contribution is 5.92. The molecule has 1 aliphatic heterocycles. The molecule has 0 N–H and O–H groups in total. The number of rotatable bonds is 8. The van der Waals surface area contributed by atoms with Gasteiger partial charge >= 0.3 is 5.97 Å². The maximum atomic E-state index is 11.8. The van der Waals surface area contributed by atoms with Gasteiger partial charge in [-0.2, -0.15) is 0 Å². The number of aryl methyl sites for hydroxylation is 4. The quantitative estimate of drug-likeness (QED) is 0.493. The molecule has 0 bridgehead atoms. The van der Waals surface area contributed by atoms with E-state index >= 15 is 0 Å². The van der Waals surface area contributed by atoms with Gasteiger partial charge < -0.3 is 18.9 Å². The summed E-state index contributed by atoms with van der Waals surface area (Å²) in [5, 5.41) is 0. The molecule has 1 aliphatic rings. The van der Waals surface area contributed by atoms with Crippen LogP contribution in [0.2, 0.25) is 0 Å². The number of carbonyl (C=O) groups excluding carboxylic acids is 1. The molecule has 5 nitrogen and oxygen atoms in total. The lowest BCUT2D eigenvalue weighted by Crippen LogP contribution is -2.05. The van der Waals surface area contributed by atoms with Gasteiger partial charge in [0.2, 0.25) is 6.79 Å². The summed E-state index contributed by atoms with van der Waals surface area (Å²) in [5.41, 5.74) is 5.41. The summed E-state index contributed by atoms with van der Waals surface area (Å²) >= 11 is 0. The van der Waals surface area contributed by atoms with Gasteiger partial charge in [-0.15, -0.1) is 0 Å². The van der Waals surface area contributed by atoms with Crippen LogP contribution >= 0.6 is 0 Å². The lowest BCUT2D eigenvalue weighted by molar-refractivity contribution is 0.0597. The molecule has 0 saturated heterocycles. The molecule has 0 radical (unpaired) electrons. The third-order valence-electron chi connectivity index (χ3n) is 5.54. The Morgan fingerprint density at radius 1 is 0.742 bits per heavy atom. The SMILES string of the molecule is COC(=O)c1ccc(CCc2ccc(CCc3ccc4c(c3)OCO4)cc2)cc1OC. The van der Waals surface area contributed by atoms with Gasteiger partial charge in [-0.05, 0) is 72.2 Å². The van der Waals surface area contributed by atoms with Gasteiger partial charge in [-0.25, -0.2) is 4.79 Å². The van der Waals surface area contributed by atoms with E-state index in [0.717, 1.165) is 42.7 Å². The molecular weight excluding hydrogens is 392 g/mol. The van der Waals surface area contributed by atoms with Gasteiger partial charge in [0.15, 0.2) is 11.5 Å². The minimum Gasteiger partial charge on any atom is -0.496 e. The zero-order valence-electron chi connectivity index (χ0n) is 17.9. The van der Waals surface area contributed by atoms with E-state index in [1.54, 1.807) is 13.2 Å². The molecule has 4 rings (SSSR count). The van der Waals surface area contributed by atoms with Crippen LogP contribution in [-0.4, -0.2) is 27.0 Å². The van der Waals surface area contributed by atoms with Gasteiger partial charge in [0.05, 0.1) is 14.2 Å². The zero-order chi connectivity index (χ0) is 21.6. The van der Waals surface area contributed by atoms with Crippen LogP contribution in [0, 0.1) is 0 Å². The Morgan fingerprint density at radius 3 is 1.94 bits per heavy atom. The summed E-state index contributed by atoms with van der Waals surface area (Å²) < 4.78 is 21.0. The lowest BCUT2D eigenvalue weighted by Gasteiger charge is -2.10. The summed E-state index contributed by atoms with van der Waals surface area (Å²) in [6.45, 7) is 0.308. The van der Waals surface area contributed by atoms with Crippen molar-refractivity contribution in [1.29, 1.82) is 0 Å². The van der Waals surface area contributed by atoms with E-state index in [1.165, 1.54) is 23.8 Å². The fourth-order valence-electron chi connectivity index (χ4n) is 3.72. The fraction of sp³-hybridized carbons (Fsp3) is 0.269. The highest BCUT2D eigenvalue weighted by atomic mass is 16.7. The molecule has 0 saturated carbocycles. The van der Waals surface area contributed by atoms with Crippen molar-refractivity contribution < 1.29 is 23.7 Å². The largest absolute Gasteiger partial charge is 0.496 e. The van der Waals surface area contributed by atoms with Crippen molar-refractivity contribution in [1.82, 2.24) is 0 Å². The van der Waals surface area contributed by atoms with Gasteiger partial charge in [-0.3, -0.25) is 0 Å². The Balaban J connectivity index is 1.32. The third-order valence-corrected chi connectivity index (χ3v) is 5.54. The molecule has 160 valence electrons. The van der Waals surface area contributed by atoms with E-state index in [-0.39, 0.29) is 5.97 Å². The van der Waals surface area contributed by atoms with Crippen molar-refractivity contribution in [3.8, 4) is 17.2 Å². The zero-order valence-corrected chi connectivity index (χ0v) is 17.9. The molecule has 31 heavy (non-hydrogen) atoms. The van der Waals surface area contributed by atoms with Gasteiger partial charge in [0, 0.05) is 0 Å². The molecule has 3 aromatic carbocycles. The molecule has 0 aliphatic carbocycles. The first-order chi connectivity index (χ1) is 15.2. The highest BCUT2D eigenvalue weighted by Gasteiger charge is 2.14. The molecule has 0 aromatic heterocycles. The molecular formula is C26H26O5. The van der Waals surface area contributed by atoms with E-state index in [1.807, 2.05) is 18.2 Å². The second-order valence-electron chi connectivity index (χ2n) is 7.53. The van der Waals surface area contributed by atoms with Crippen molar-refractivity contribution in [2.45, 2.75) is 25.7 Å². The normalized spacial score (nSPS) is 11.9. The fourth-order valence-corrected chi connectivity index (χ4v) is 3.72. The van der Waals surface area contributed by atoms with Gasteiger partial charge in [0.25, 0.3) is 0 Å². The maximum Gasteiger partial charge on any atom is 0.341 e. The van der Waals surface area contributed by atoms with E-state index in [0.29, 0.717) is 18.1 Å². The standard InChI is InChI=1S/C26H26O5/c1-28-24-15-20(11-13-22(24)26(27)29-2)9-7-18-3-5-19(6-4-18)8-10-21-12-14-23-25(16-21)31-17-30-23/h3-6,11-16H,7-10,17H2,1-2H3. The number of methoxy groups -OCH3 is 2. The van der Waals surface area contributed by atoms with E-state index < -0.39 is 0 Å². The number of esters is 1. The molecule has 0 atom stereocenters. The van der Waals surface area contributed by atoms with E-state index in [9.17, 15) is 4.79 Å². The Kier molecular flexibility index (Phi) is 6.41. The van der Waals surface area contributed by atoms with Crippen molar-refractivity contribution in [3.05, 3.63) is 88.5 Å². The topological polar surface area (TPSA) is 54.0 Å². The molecule has 0 fully saturated rings. The second-order valence-corrected chi connectivity index (χ2v) is 7.53. The van der Waals surface area contributed by atoms with Crippen molar-refractivity contribution in [2.75, 3.05) is 21.0 Å². The number of carbonyl (C=O) groups is 1. The minimum atomic E-state index is -0.389. The van der Waals surface area contributed by atoms with Crippen LogP contribution in [0.5, 0.6) is 17.2 Å². The van der Waals surface area contributed by atoms with E-state index in [4.69, 9.17) is 18.9 Å². The molecule has 5 heteroatoms. The van der Waals surface area contributed by atoms with Crippen LogP contribution in [-0.2, 0) is 30.4 Å². The Bertz CT molecular complexity index is 1060. The number of hydrogen-bond acceptors (Lipinski definition) is 5. The third kappa shape index (κ3) is 5.00. The Morgan fingerprint density at radius 2 is 1.29 bits per heavy atom. The predicted molar refractivity (Wildman–Crippen MR) is 118 cm³/mol. The number of fused-ring (bicyclic) bond motifs is 1. The summed E-state index contributed by atoms with van der Waals surface area (Å²) in [6.07, 6.45) is 3.73. The first-order valence-electron chi connectivity index (χ1n) is 10.4. The van der Waals surface area contributed by atoms with Crippen molar-refractivity contribution in [3.63, 3.8) is 0 Å². The summed E-state index contributed by atoms with van der Waals surface area (Å²) in [6, 6.07) is 20.5. The maximum absolute atomic E-state index is 11.8. The predicted octanol–water partition coefficient (Wildman–Crippen LogP) is 4.78. The number of benzene rings is 3. The van der Waals surface area contributed by atoms with Crippen LogP contribution in [0.3, 0.4) is 0 Å². The Hall–Kier alpha value is -3.47. The van der Waals surface area contributed by atoms with Crippen LogP contribution in [0.4, 0.5) is 0 Å². The van der Waals surface area contributed by atoms with Crippen LogP contribution in [0.15, 0.2) is 60.7 Å². The van der Waals surface area contributed by atoms with Gasteiger partial charge in [-0.1, -0.05) is 36.4 Å². The first kappa shape index (κ1) is 20.8. The molecule has 0 amide bonds. The number of ether oxygens (including phenoxy) is 4. The molecule has 0 unspecified atom stereocenters. The molecule has 1 heterocycles. The van der Waals surface area contributed by atoms with Crippen LogP contribution in [0.25, 0.3) is 0 Å². The smallest absolute Gasteiger partial charge is 0.341 e. The summed E-state index contributed by atoms with van der Waals surface area (Å²) in [4.78, 5) is 11.8. The highest BCUT2D eigenvalue weighted by Crippen LogP contribution is 2.32. The van der Waals surface area contributed by atoms with E-state index in [2.05, 4.69) is 36.4 Å². The van der Waals surface area contributed by atoms with Crippen molar-refractivity contribution >= 4 is 5.97 Å². The molecule has 0 spiro atoms. The first-order valence-corrected chi connectivity index (χ1v) is 10.4. The monoisotopic (exact) mass is 418 g/mol. The summed E-state index contributed by atoms with van der Waals surface area (Å²) in [7, 11) is 2.93.